The fourth-order valence-corrected chi connectivity index (χ4v) is 7.85. The first-order valence-corrected chi connectivity index (χ1v) is 18.4. The van der Waals surface area contributed by atoms with Crippen LogP contribution in [0.3, 0.4) is 0 Å². The highest BCUT2D eigenvalue weighted by Gasteiger charge is 2.24. The minimum atomic E-state index is 0.865. The Morgan fingerprint density at radius 2 is 0.944 bits per heavy atom. The number of hydrogen-bond donors (Lipinski definition) is 0. The van der Waals surface area contributed by atoms with Crippen LogP contribution in [0.15, 0.2) is 217 Å². The van der Waals surface area contributed by atoms with E-state index in [-0.39, 0.29) is 0 Å². The molecule has 0 radical (unpaired) electrons. The largest absolute Gasteiger partial charge is 0.455 e. The molecule has 0 spiro atoms. The quantitative estimate of drug-likeness (QED) is 0.166. The Kier molecular flexibility index (Phi) is 7.85. The molecule has 9 aromatic carbocycles. The van der Waals surface area contributed by atoms with Gasteiger partial charge in [0, 0.05) is 22.2 Å². The van der Waals surface area contributed by atoms with Gasteiger partial charge in [-0.3, -0.25) is 0 Å². The Morgan fingerprint density at radius 3 is 1.76 bits per heavy atom. The molecule has 1 aromatic heterocycles. The first-order valence-electron chi connectivity index (χ1n) is 18.4. The molecule has 0 atom stereocenters. The molecular weight excluding hydrogens is 655 g/mol. The molecule has 0 fully saturated rings. The highest BCUT2D eigenvalue weighted by Crippen LogP contribution is 2.49. The lowest BCUT2D eigenvalue weighted by Crippen LogP contribution is -2.12. The molecule has 254 valence electrons. The summed E-state index contributed by atoms with van der Waals surface area (Å²) in [5.41, 5.74) is 14.1. The second kappa shape index (κ2) is 13.4. The molecule has 2 nitrogen and oxygen atoms in total. The third-order valence-corrected chi connectivity index (χ3v) is 10.4. The number of furan rings is 1. The number of anilines is 3. The van der Waals surface area contributed by atoms with Gasteiger partial charge >= 0.3 is 0 Å². The number of fused-ring (bicyclic) bond motifs is 4. The molecule has 1 heterocycles. The highest BCUT2D eigenvalue weighted by atomic mass is 16.3. The first-order chi connectivity index (χ1) is 26.8. The molecule has 54 heavy (non-hydrogen) atoms. The summed E-state index contributed by atoms with van der Waals surface area (Å²) in [5, 5.41) is 4.58. The Labute approximate surface area is 314 Å². The number of para-hydroxylation sites is 2. The zero-order valence-electron chi connectivity index (χ0n) is 29.6. The molecule has 0 N–H and O–H groups in total. The predicted molar refractivity (Wildman–Crippen MR) is 228 cm³/mol. The van der Waals surface area contributed by atoms with Crippen LogP contribution in [0.5, 0.6) is 0 Å². The lowest BCUT2D eigenvalue weighted by molar-refractivity contribution is 0.670. The molecule has 0 bridgehead atoms. The normalized spacial score (nSPS) is 11.3. The van der Waals surface area contributed by atoms with Crippen LogP contribution >= 0.6 is 0 Å². The Balaban J connectivity index is 1.24. The maximum Gasteiger partial charge on any atom is 0.145 e. The van der Waals surface area contributed by atoms with Crippen LogP contribution in [0.25, 0.3) is 77.2 Å². The van der Waals surface area contributed by atoms with Gasteiger partial charge in [0.05, 0.1) is 16.8 Å². The molecule has 0 saturated carbocycles. The van der Waals surface area contributed by atoms with Crippen molar-refractivity contribution in [2.45, 2.75) is 0 Å². The van der Waals surface area contributed by atoms with Crippen LogP contribution in [0.4, 0.5) is 17.1 Å². The number of rotatable bonds is 7. The minimum Gasteiger partial charge on any atom is -0.455 e. The van der Waals surface area contributed by atoms with Gasteiger partial charge in [0.15, 0.2) is 0 Å². The summed E-state index contributed by atoms with van der Waals surface area (Å²) in [6.45, 7) is 0. The van der Waals surface area contributed by atoms with Crippen molar-refractivity contribution in [2.75, 3.05) is 4.90 Å². The summed E-state index contributed by atoms with van der Waals surface area (Å²) < 4.78 is 6.86. The fourth-order valence-electron chi connectivity index (χ4n) is 7.85. The van der Waals surface area contributed by atoms with Gasteiger partial charge in [-0.25, -0.2) is 0 Å². The first kappa shape index (κ1) is 31.6. The van der Waals surface area contributed by atoms with Gasteiger partial charge in [0.1, 0.15) is 11.2 Å². The maximum absolute atomic E-state index is 6.86. The van der Waals surface area contributed by atoms with E-state index < -0.39 is 0 Å². The van der Waals surface area contributed by atoms with Crippen molar-refractivity contribution >= 4 is 49.8 Å². The zero-order valence-corrected chi connectivity index (χ0v) is 29.6. The predicted octanol–water partition coefficient (Wildman–Crippen LogP) is 14.9. The molecule has 0 aliphatic rings. The molecule has 10 aromatic rings. The van der Waals surface area contributed by atoms with Gasteiger partial charge < -0.3 is 9.32 Å². The van der Waals surface area contributed by atoms with Crippen molar-refractivity contribution in [3.05, 3.63) is 212 Å². The fraction of sp³-hybridized carbons (Fsp3) is 0. The van der Waals surface area contributed by atoms with Crippen LogP contribution in [0.1, 0.15) is 0 Å². The molecule has 0 aliphatic heterocycles. The van der Waals surface area contributed by atoms with E-state index >= 15 is 0 Å². The third-order valence-electron chi connectivity index (χ3n) is 10.4. The topological polar surface area (TPSA) is 16.4 Å². The third kappa shape index (κ3) is 5.62. The summed E-state index contributed by atoms with van der Waals surface area (Å²) in [4.78, 5) is 2.42. The van der Waals surface area contributed by atoms with Crippen molar-refractivity contribution in [3.8, 4) is 44.5 Å². The lowest BCUT2D eigenvalue weighted by atomic mass is 9.95. The van der Waals surface area contributed by atoms with Crippen molar-refractivity contribution in [1.29, 1.82) is 0 Å². The lowest BCUT2D eigenvalue weighted by Gasteiger charge is -2.29. The molecule has 0 saturated heterocycles. The summed E-state index contributed by atoms with van der Waals surface area (Å²) in [6, 6.07) is 75.8. The van der Waals surface area contributed by atoms with E-state index in [9.17, 15) is 0 Å². The van der Waals surface area contributed by atoms with E-state index in [0.29, 0.717) is 0 Å². The molecule has 0 amide bonds. The Hall–Kier alpha value is -7.16. The minimum absolute atomic E-state index is 0.865. The molecule has 2 heteroatoms. The van der Waals surface area contributed by atoms with Gasteiger partial charge in [-0.1, -0.05) is 164 Å². The summed E-state index contributed by atoms with van der Waals surface area (Å²) >= 11 is 0. The smallest absolute Gasteiger partial charge is 0.145 e. The van der Waals surface area contributed by atoms with Crippen LogP contribution < -0.4 is 4.90 Å². The van der Waals surface area contributed by atoms with Crippen LogP contribution in [0.2, 0.25) is 0 Å². The van der Waals surface area contributed by atoms with E-state index in [0.717, 1.165) is 66.8 Å². The number of nitrogens with zero attached hydrogens (tertiary/aromatic N) is 1. The summed E-state index contributed by atoms with van der Waals surface area (Å²) in [6.07, 6.45) is 0. The molecular formula is C52H35NO. The Morgan fingerprint density at radius 1 is 0.333 bits per heavy atom. The molecule has 0 unspecified atom stereocenters. The van der Waals surface area contributed by atoms with E-state index in [2.05, 4.69) is 217 Å². The van der Waals surface area contributed by atoms with Gasteiger partial charge in [-0.2, -0.15) is 0 Å². The highest BCUT2D eigenvalue weighted by molar-refractivity contribution is 6.17. The monoisotopic (exact) mass is 689 g/mol. The average Bonchev–Trinajstić information content (AvgIpc) is 3.65. The van der Waals surface area contributed by atoms with E-state index in [1.807, 2.05) is 0 Å². The van der Waals surface area contributed by atoms with Gasteiger partial charge in [0.2, 0.25) is 0 Å². The van der Waals surface area contributed by atoms with Crippen molar-refractivity contribution in [1.82, 2.24) is 0 Å². The Bertz CT molecular complexity index is 2940. The summed E-state index contributed by atoms with van der Waals surface area (Å²) in [7, 11) is 0. The van der Waals surface area contributed by atoms with Crippen LogP contribution in [-0.2, 0) is 0 Å². The van der Waals surface area contributed by atoms with Crippen molar-refractivity contribution in [3.63, 3.8) is 0 Å². The van der Waals surface area contributed by atoms with Gasteiger partial charge in [0.25, 0.3) is 0 Å². The SMILES string of the molecule is c1ccc(-c2cccc(-c3ccccc3N(c3cccc(-c4ccccc4)c3)c3ccc(-c4ccc5ccccc5c4)c4oc5ccccc5c34)c2)cc1. The van der Waals surface area contributed by atoms with E-state index in [4.69, 9.17) is 4.42 Å². The second-order valence-electron chi connectivity index (χ2n) is 13.7. The van der Waals surface area contributed by atoms with E-state index in [1.54, 1.807) is 0 Å². The van der Waals surface area contributed by atoms with Crippen LogP contribution in [0, 0.1) is 0 Å². The van der Waals surface area contributed by atoms with E-state index in [1.165, 1.54) is 27.5 Å². The standard InChI is InChI=1S/C52H35NO/c1-3-15-36(16-4-1)40-21-13-23-42(33-40)45-25-9-11-27-48(45)53(44-24-14-22-41(35-44)37-17-5-2-6-18-37)49-32-31-46(43-30-29-38-19-7-8-20-39(38)34-43)52-51(49)47-26-10-12-28-50(47)54-52/h1-35H. The molecule has 0 aliphatic carbocycles. The van der Waals surface area contributed by atoms with Crippen molar-refractivity contribution in [2.24, 2.45) is 0 Å². The average molecular weight is 690 g/mol. The summed E-state index contributed by atoms with van der Waals surface area (Å²) in [5.74, 6) is 0. The zero-order chi connectivity index (χ0) is 35.8. The van der Waals surface area contributed by atoms with Crippen LogP contribution in [-0.4, -0.2) is 0 Å². The van der Waals surface area contributed by atoms with Gasteiger partial charge in [-0.05, 0) is 92.7 Å². The maximum atomic E-state index is 6.86. The second-order valence-corrected chi connectivity index (χ2v) is 13.7. The number of hydrogen-bond acceptors (Lipinski definition) is 2. The van der Waals surface area contributed by atoms with Crippen molar-refractivity contribution < 1.29 is 4.42 Å². The molecule has 10 rings (SSSR count). The van der Waals surface area contributed by atoms with Gasteiger partial charge in [-0.15, -0.1) is 0 Å². The number of benzene rings is 9.